The zero-order valence-electron chi connectivity index (χ0n) is 18.2. The van der Waals surface area contributed by atoms with E-state index in [9.17, 15) is 13.2 Å². The maximum absolute atomic E-state index is 13.0. The molecule has 31 heavy (non-hydrogen) atoms. The Balaban J connectivity index is 1.80. The standard InChI is InChI=1S/C23H31N3O4S/c1-3-4-13-24-21-12-11-20(31(28,29)26-14-5-6-15-26)17-22(21)25-23(27)16-18-7-9-19(30-2)10-8-18/h7-12,17,24H,3-6,13-16H2,1-2H3,(H,25,27). The van der Waals surface area contributed by atoms with Crippen LogP contribution in [0.15, 0.2) is 47.4 Å². The van der Waals surface area contributed by atoms with E-state index in [4.69, 9.17) is 4.74 Å². The Bertz CT molecular complexity index is 984. The van der Waals surface area contributed by atoms with Gasteiger partial charge in [0.15, 0.2) is 0 Å². The monoisotopic (exact) mass is 445 g/mol. The van der Waals surface area contributed by atoms with Crippen molar-refractivity contribution in [2.75, 3.05) is 37.4 Å². The molecular formula is C23H31N3O4S. The second kappa shape index (κ2) is 10.6. The molecule has 2 aromatic carbocycles. The molecule has 168 valence electrons. The second-order valence-electron chi connectivity index (χ2n) is 7.67. The van der Waals surface area contributed by atoms with Crippen molar-refractivity contribution in [1.82, 2.24) is 4.31 Å². The molecule has 1 aliphatic heterocycles. The van der Waals surface area contributed by atoms with Crippen molar-refractivity contribution in [3.8, 4) is 5.75 Å². The molecule has 1 aliphatic rings. The minimum Gasteiger partial charge on any atom is -0.497 e. The second-order valence-corrected chi connectivity index (χ2v) is 9.61. The third kappa shape index (κ3) is 5.98. The van der Waals surface area contributed by atoms with Crippen LogP contribution < -0.4 is 15.4 Å². The van der Waals surface area contributed by atoms with Gasteiger partial charge in [0.05, 0.1) is 29.8 Å². The van der Waals surface area contributed by atoms with Crippen molar-refractivity contribution < 1.29 is 17.9 Å². The number of hydrogen-bond donors (Lipinski definition) is 2. The highest BCUT2D eigenvalue weighted by Gasteiger charge is 2.28. The lowest BCUT2D eigenvalue weighted by atomic mass is 10.1. The molecule has 1 saturated heterocycles. The van der Waals surface area contributed by atoms with Crippen LogP contribution in [0.25, 0.3) is 0 Å². The predicted molar refractivity (Wildman–Crippen MR) is 123 cm³/mol. The molecule has 3 rings (SSSR count). The van der Waals surface area contributed by atoms with Gasteiger partial charge in [0.1, 0.15) is 5.75 Å². The number of carbonyl (C=O) groups is 1. The number of nitrogens with one attached hydrogen (secondary N) is 2. The van der Waals surface area contributed by atoms with Gasteiger partial charge in [-0.25, -0.2) is 8.42 Å². The molecule has 0 aromatic heterocycles. The summed E-state index contributed by atoms with van der Waals surface area (Å²) < 4.78 is 32.6. The highest BCUT2D eigenvalue weighted by molar-refractivity contribution is 7.89. The first-order valence-electron chi connectivity index (χ1n) is 10.7. The minimum absolute atomic E-state index is 0.182. The molecule has 0 unspecified atom stereocenters. The summed E-state index contributed by atoms with van der Waals surface area (Å²) in [6.45, 7) is 3.93. The lowest BCUT2D eigenvalue weighted by Crippen LogP contribution is -2.28. The van der Waals surface area contributed by atoms with Gasteiger partial charge >= 0.3 is 0 Å². The number of carbonyl (C=O) groups excluding carboxylic acids is 1. The van der Waals surface area contributed by atoms with Crippen LogP contribution in [-0.2, 0) is 21.2 Å². The Morgan fingerprint density at radius 2 is 1.77 bits per heavy atom. The molecular weight excluding hydrogens is 414 g/mol. The van der Waals surface area contributed by atoms with E-state index in [0.717, 1.165) is 49.2 Å². The maximum atomic E-state index is 13.0. The topological polar surface area (TPSA) is 87.7 Å². The smallest absolute Gasteiger partial charge is 0.243 e. The number of sulfonamides is 1. The van der Waals surface area contributed by atoms with Crippen molar-refractivity contribution in [2.24, 2.45) is 0 Å². The molecule has 0 radical (unpaired) electrons. The summed E-state index contributed by atoms with van der Waals surface area (Å²) >= 11 is 0. The van der Waals surface area contributed by atoms with Gasteiger partial charge in [-0.1, -0.05) is 25.5 Å². The molecule has 2 N–H and O–H groups in total. The Kier molecular flexibility index (Phi) is 7.92. The number of rotatable bonds is 10. The van der Waals surface area contributed by atoms with Crippen LogP contribution in [0.3, 0.4) is 0 Å². The molecule has 1 heterocycles. The first-order valence-corrected chi connectivity index (χ1v) is 12.2. The van der Waals surface area contributed by atoms with Crippen LogP contribution in [0.2, 0.25) is 0 Å². The summed E-state index contributed by atoms with van der Waals surface area (Å²) in [5.41, 5.74) is 2.05. The predicted octanol–water partition coefficient (Wildman–Crippen LogP) is 3.87. The summed E-state index contributed by atoms with van der Waals surface area (Å²) in [4.78, 5) is 12.9. The molecule has 7 nitrogen and oxygen atoms in total. The molecule has 0 bridgehead atoms. The van der Waals surface area contributed by atoms with Gasteiger partial charge in [-0.05, 0) is 55.2 Å². The molecule has 8 heteroatoms. The molecule has 2 aromatic rings. The number of unbranched alkanes of at least 4 members (excludes halogenated alkanes) is 1. The molecule has 1 fully saturated rings. The average Bonchev–Trinajstić information content (AvgIpc) is 3.31. The van der Waals surface area contributed by atoms with E-state index in [0.29, 0.717) is 18.8 Å². The molecule has 0 atom stereocenters. The zero-order chi connectivity index (χ0) is 22.3. The van der Waals surface area contributed by atoms with Crippen molar-refractivity contribution >= 4 is 27.3 Å². The Hall–Kier alpha value is -2.58. The fourth-order valence-corrected chi connectivity index (χ4v) is 5.09. The SMILES string of the molecule is CCCCNc1ccc(S(=O)(=O)N2CCCC2)cc1NC(=O)Cc1ccc(OC)cc1. The lowest BCUT2D eigenvalue weighted by molar-refractivity contribution is -0.115. The Morgan fingerprint density at radius 3 is 2.42 bits per heavy atom. The van der Waals surface area contributed by atoms with Crippen LogP contribution in [0.1, 0.15) is 38.2 Å². The van der Waals surface area contributed by atoms with Crippen molar-refractivity contribution in [1.29, 1.82) is 0 Å². The summed E-state index contributed by atoms with van der Waals surface area (Å²) in [5, 5.41) is 6.21. The van der Waals surface area contributed by atoms with E-state index < -0.39 is 10.0 Å². The molecule has 0 spiro atoms. The maximum Gasteiger partial charge on any atom is 0.243 e. The van der Waals surface area contributed by atoms with Gasteiger partial charge in [0, 0.05) is 19.6 Å². The van der Waals surface area contributed by atoms with E-state index >= 15 is 0 Å². The van der Waals surface area contributed by atoms with Gasteiger partial charge in [-0.15, -0.1) is 0 Å². The number of methoxy groups -OCH3 is 1. The van der Waals surface area contributed by atoms with Crippen LogP contribution in [0.4, 0.5) is 11.4 Å². The van der Waals surface area contributed by atoms with E-state index in [-0.39, 0.29) is 17.2 Å². The Morgan fingerprint density at radius 1 is 1.06 bits per heavy atom. The third-order valence-corrected chi connectivity index (χ3v) is 7.23. The summed E-state index contributed by atoms with van der Waals surface area (Å²) in [5.74, 6) is 0.519. The van der Waals surface area contributed by atoms with Crippen LogP contribution >= 0.6 is 0 Å². The number of nitrogens with zero attached hydrogens (tertiary/aromatic N) is 1. The van der Waals surface area contributed by atoms with Crippen molar-refractivity contribution in [3.63, 3.8) is 0 Å². The van der Waals surface area contributed by atoms with E-state index in [1.807, 2.05) is 24.3 Å². The minimum atomic E-state index is -3.57. The third-order valence-electron chi connectivity index (χ3n) is 5.34. The molecule has 1 amide bonds. The van der Waals surface area contributed by atoms with Gasteiger partial charge in [-0.3, -0.25) is 4.79 Å². The first-order chi connectivity index (χ1) is 14.9. The van der Waals surface area contributed by atoms with Crippen LogP contribution in [-0.4, -0.2) is 45.4 Å². The number of anilines is 2. The number of amides is 1. The van der Waals surface area contributed by atoms with E-state index in [1.54, 1.807) is 25.3 Å². The summed E-state index contributed by atoms with van der Waals surface area (Å²) in [6, 6.07) is 12.2. The van der Waals surface area contributed by atoms with Crippen LogP contribution in [0.5, 0.6) is 5.75 Å². The normalized spacial score (nSPS) is 14.4. The average molecular weight is 446 g/mol. The van der Waals surface area contributed by atoms with Gasteiger partial charge < -0.3 is 15.4 Å². The van der Waals surface area contributed by atoms with E-state index in [2.05, 4.69) is 17.6 Å². The zero-order valence-corrected chi connectivity index (χ0v) is 19.0. The summed E-state index contributed by atoms with van der Waals surface area (Å²) in [6.07, 6.45) is 3.95. The summed E-state index contributed by atoms with van der Waals surface area (Å²) in [7, 11) is -1.97. The molecule has 0 aliphatic carbocycles. The first kappa shape index (κ1) is 23.1. The Labute approximate surface area is 184 Å². The number of ether oxygens (including phenoxy) is 1. The quantitative estimate of drug-likeness (QED) is 0.542. The van der Waals surface area contributed by atoms with Gasteiger partial charge in [-0.2, -0.15) is 4.31 Å². The molecule has 0 saturated carbocycles. The number of hydrogen-bond acceptors (Lipinski definition) is 5. The van der Waals surface area contributed by atoms with Gasteiger partial charge in [0.2, 0.25) is 15.9 Å². The van der Waals surface area contributed by atoms with Gasteiger partial charge in [0.25, 0.3) is 0 Å². The number of benzene rings is 2. The van der Waals surface area contributed by atoms with E-state index in [1.165, 1.54) is 4.31 Å². The fourth-order valence-electron chi connectivity index (χ4n) is 3.54. The fraction of sp³-hybridized carbons (Fsp3) is 0.435. The van der Waals surface area contributed by atoms with Crippen molar-refractivity contribution in [3.05, 3.63) is 48.0 Å². The highest BCUT2D eigenvalue weighted by Crippen LogP contribution is 2.29. The largest absolute Gasteiger partial charge is 0.497 e. The van der Waals surface area contributed by atoms with Crippen molar-refractivity contribution in [2.45, 2.75) is 43.9 Å². The lowest BCUT2D eigenvalue weighted by Gasteiger charge is -2.18. The highest BCUT2D eigenvalue weighted by atomic mass is 32.2. The van der Waals surface area contributed by atoms with Crippen LogP contribution in [0, 0.1) is 0 Å².